The fourth-order valence-electron chi connectivity index (χ4n) is 2.40. The SMILES string of the molecule is Cc1ccccc1-n1nc(-c2ccc(F)cc2F)c(C#N)c1N. The summed E-state index contributed by atoms with van der Waals surface area (Å²) >= 11 is 0. The molecule has 6 heteroatoms. The van der Waals surface area contributed by atoms with Crippen LogP contribution in [-0.2, 0) is 0 Å². The van der Waals surface area contributed by atoms with E-state index in [1.807, 2.05) is 31.2 Å². The number of hydrogen-bond acceptors (Lipinski definition) is 3. The number of para-hydroxylation sites is 1. The lowest BCUT2D eigenvalue weighted by molar-refractivity contribution is 0.585. The van der Waals surface area contributed by atoms with E-state index < -0.39 is 11.6 Å². The van der Waals surface area contributed by atoms with Crippen molar-refractivity contribution in [2.24, 2.45) is 0 Å². The Balaban J connectivity index is 2.26. The van der Waals surface area contributed by atoms with E-state index in [4.69, 9.17) is 5.73 Å². The molecule has 0 radical (unpaired) electrons. The van der Waals surface area contributed by atoms with Gasteiger partial charge in [0.2, 0.25) is 0 Å². The summed E-state index contributed by atoms with van der Waals surface area (Å²) in [5.74, 6) is -1.38. The number of hydrogen-bond donors (Lipinski definition) is 1. The van der Waals surface area contributed by atoms with Crippen LogP contribution in [0.4, 0.5) is 14.6 Å². The van der Waals surface area contributed by atoms with Gasteiger partial charge in [0.1, 0.15) is 34.8 Å². The fourth-order valence-corrected chi connectivity index (χ4v) is 2.40. The van der Waals surface area contributed by atoms with E-state index in [2.05, 4.69) is 5.10 Å². The minimum Gasteiger partial charge on any atom is -0.382 e. The summed E-state index contributed by atoms with van der Waals surface area (Å²) in [4.78, 5) is 0. The number of nitrogen functional groups attached to an aromatic ring is 1. The number of aromatic nitrogens is 2. The second-order valence-corrected chi connectivity index (χ2v) is 5.04. The van der Waals surface area contributed by atoms with E-state index in [0.29, 0.717) is 5.69 Å². The molecule has 0 aliphatic carbocycles. The molecule has 23 heavy (non-hydrogen) atoms. The third-order valence-corrected chi connectivity index (χ3v) is 3.56. The highest BCUT2D eigenvalue weighted by Gasteiger charge is 2.21. The van der Waals surface area contributed by atoms with Crippen molar-refractivity contribution < 1.29 is 8.78 Å². The fraction of sp³-hybridized carbons (Fsp3) is 0.0588. The molecule has 0 saturated carbocycles. The molecule has 0 atom stereocenters. The Kier molecular flexibility index (Phi) is 3.54. The zero-order chi connectivity index (χ0) is 16.6. The molecule has 0 unspecified atom stereocenters. The summed E-state index contributed by atoms with van der Waals surface area (Å²) in [6.07, 6.45) is 0. The molecular formula is C17H12F2N4. The quantitative estimate of drug-likeness (QED) is 0.786. The number of halogens is 2. The smallest absolute Gasteiger partial charge is 0.145 e. The summed E-state index contributed by atoms with van der Waals surface area (Å²) in [6, 6.07) is 12.4. The number of anilines is 1. The Morgan fingerprint density at radius 1 is 1.17 bits per heavy atom. The molecule has 2 N–H and O–H groups in total. The van der Waals surface area contributed by atoms with Crippen molar-refractivity contribution in [2.75, 3.05) is 5.73 Å². The van der Waals surface area contributed by atoms with E-state index in [9.17, 15) is 14.0 Å². The molecule has 4 nitrogen and oxygen atoms in total. The average Bonchev–Trinajstić information content (AvgIpc) is 2.84. The van der Waals surface area contributed by atoms with Gasteiger partial charge in [-0.25, -0.2) is 13.5 Å². The Labute approximate surface area is 131 Å². The van der Waals surface area contributed by atoms with Crippen LogP contribution in [0.2, 0.25) is 0 Å². The highest BCUT2D eigenvalue weighted by atomic mass is 19.1. The highest BCUT2D eigenvalue weighted by Crippen LogP contribution is 2.31. The molecule has 0 aliphatic rings. The minimum atomic E-state index is -0.795. The molecule has 0 saturated heterocycles. The van der Waals surface area contributed by atoms with E-state index in [1.165, 1.54) is 10.7 Å². The van der Waals surface area contributed by atoms with Gasteiger partial charge in [-0.3, -0.25) is 0 Å². The lowest BCUT2D eigenvalue weighted by Gasteiger charge is -2.06. The van der Waals surface area contributed by atoms with Crippen molar-refractivity contribution >= 4 is 5.82 Å². The maximum absolute atomic E-state index is 14.0. The van der Waals surface area contributed by atoms with Crippen LogP contribution in [-0.4, -0.2) is 9.78 Å². The van der Waals surface area contributed by atoms with Gasteiger partial charge in [0.15, 0.2) is 0 Å². The maximum Gasteiger partial charge on any atom is 0.145 e. The molecule has 1 heterocycles. The number of nitrogens with two attached hydrogens (primary N) is 1. The van der Waals surface area contributed by atoms with Crippen molar-refractivity contribution in [1.82, 2.24) is 9.78 Å². The second-order valence-electron chi connectivity index (χ2n) is 5.04. The van der Waals surface area contributed by atoms with Crippen LogP contribution in [0.3, 0.4) is 0 Å². The van der Waals surface area contributed by atoms with Crippen molar-refractivity contribution in [3.8, 4) is 23.0 Å². The van der Waals surface area contributed by atoms with Crippen molar-refractivity contribution in [1.29, 1.82) is 5.26 Å². The molecule has 0 amide bonds. The standard InChI is InChI=1S/C17H12F2N4/c1-10-4-2-3-5-15(10)23-17(21)13(9-20)16(22-23)12-7-6-11(18)8-14(12)19/h2-8H,21H2,1H3. The van der Waals surface area contributed by atoms with Crippen molar-refractivity contribution in [2.45, 2.75) is 6.92 Å². The first-order valence-corrected chi connectivity index (χ1v) is 6.83. The average molecular weight is 310 g/mol. The van der Waals surface area contributed by atoms with Crippen LogP contribution >= 0.6 is 0 Å². The summed E-state index contributed by atoms with van der Waals surface area (Å²) in [6.45, 7) is 1.88. The van der Waals surface area contributed by atoms with E-state index in [-0.39, 0.29) is 22.6 Å². The first-order chi connectivity index (χ1) is 11.0. The highest BCUT2D eigenvalue weighted by molar-refractivity contribution is 5.74. The Bertz CT molecular complexity index is 938. The zero-order valence-corrected chi connectivity index (χ0v) is 12.2. The number of rotatable bonds is 2. The molecule has 0 fully saturated rings. The Morgan fingerprint density at radius 2 is 1.91 bits per heavy atom. The van der Waals surface area contributed by atoms with Crippen molar-refractivity contribution in [3.63, 3.8) is 0 Å². The zero-order valence-electron chi connectivity index (χ0n) is 12.2. The molecule has 0 spiro atoms. The Hall–Kier alpha value is -3.20. The van der Waals surface area contributed by atoms with Crippen LogP contribution in [0, 0.1) is 29.9 Å². The van der Waals surface area contributed by atoms with Crippen LogP contribution in [0.5, 0.6) is 0 Å². The Morgan fingerprint density at radius 3 is 2.57 bits per heavy atom. The molecular weight excluding hydrogens is 298 g/mol. The number of aryl methyl sites for hydroxylation is 1. The van der Waals surface area contributed by atoms with Gasteiger partial charge in [0, 0.05) is 11.6 Å². The van der Waals surface area contributed by atoms with Crippen LogP contribution in [0.25, 0.3) is 16.9 Å². The summed E-state index contributed by atoms with van der Waals surface area (Å²) < 4.78 is 28.5. The normalized spacial score (nSPS) is 10.5. The van der Waals surface area contributed by atoms with Crippen LogP contribution < -0.4 is 5.73 Å². The van der Waals surface area contributed by atoms with Gasteiger partial charge in [-0.1, -0.05) is 18.2 Å². The first-order valence-electron chi connectivity index (χ1n) is 6.83. The van der Waals surface area contributed by atoms with Gasteiger partial charge in [0.25, 0.3) is 0 Å². The van der Waals surface area contributed by atoms with Gasteiger partial charge < -0.3 is 5.73 Å². The molecule has 1 aromatic heterocycles. The predicted molar refractivity (Wildman–Crippen MR) is 82.8 cm³/mol. The van der Waals surface area contributed by atoms with Gasteiger partial charge in [0.05, 0.1) is 5.69 Å². The number of benzene rings is 2. The van der Waals surface area contributed by atoms with Gasteiger partial charge >= 0.3 is 0 Å². The summed E-state index contributed by atoms with van der Waals surface area (Å²) in [5.41, 5.74) is 7.78. The van der Waals surface area contributed by atoms with E-state index in [0.717, 1.165) is 17.7 Å². The minimum absolute atomic E-state index is 0.0296. The lowest BCUT2D eigenvalue weighted by atomic mass is 10.1. The first kappa shape index (κ1) is 14.7. The van der Waals surface area contributed by atoms with Crippen molar-refractivity contribution in [3.05, 3.63) is 65.2 Å². The third-order valence-electron chi connectivity index (χ3n) is 3.56. The predicted octanol–water partition coefficient (Wildman–Crippen LogP) is 3.58. The van der Waals surface area contributed by atoms with Crippen LogP contribution in [0.15, 0.2) is 42.5 Å². The second kappa shape index (κ2) is 5.54. The molecule has 3 rings (SSSR count). The largest absolute Gasteiger partial charge is 0.382 e. The molecule has 0 aliphatic heterocycles. The monoisotopic (exact) mass is 310 g/mol. The lowest BCUT2D eigenvalue weighted by Crippen LogP contribution is -2.04. The number of nitriles is 1. The van der Waals surface area contributed by atoms with Gasteiger partial charge in [-0.15, -0.1) is 0 Å². The summed E-state index contributed by atoms with van der Waals surface area (Å²) in [5, 5.41) is 13.6. The third kappa shape index (κ3) is 2.42. The summed E-state index contributed by atoms with van der Waals surface area (Å²) in [7, 11) is 0. The van der Waals surface area contributed by atoms with E-state index in [1.54, 1.807) is 6.07 Å². The van der Waals surface area contributed by atoms with Crippen LogP contribution in [0.1, 0.15) is 11.1 Å². The molecule has 114 valence electrons. The van der Waals surface area contributed by atoms with Gasteiger partial charge in [-0.2, -0.15) is 10.4 Å². The maximum atomic E-state index is 14.0. The topological polar surface area (TPSA) is 67.6 Å². The number of nitrogens with zero attached hydrogens (tertiary/aromatic N) is 3. The molecule has 0 bridgehead atoms. The van der Waals surface area contributed by atoms with Gasteiger partial charge in [-0.05, 0) is 30.7 Å². The molecule has 2 aromatic carbocycles. The molecule has 3 aromatic rings. The van der Waals surface area contributed by atoms with E-state index >= 15 is 0 Å².